The van der Waals surface area contributed by atoms with Crippen molar-refractivity contribution in [3.8, 4) is 0 Å². The number of carbonyl (C=O) groups excluding carboxylic acids is 1. The molecule has 0 aliphatic heterocycles. The molecule has 1 aromatic carbocycles. The molecular weight excluding hydrogens is 270 g/mol. The summed E-state index contributed by atoms with van der Waals surface area (Å²) in [6.07, 6.45) is 2.50. The monoisotopic (exact) mass is 281 g/mol. The number of carbonyl (C=O) groups is 1. The number of nitrogens with zero attached hydrogens (tertiary/aromatic N) is 1. The van der Waals surface area contributed by atoms with Crippen molar-refractivity contribution in [1.29, 1.82) is 0 Å². The van der Waals surface area contributed by atoms with Gasteiger partial charge in [-0.15, -0.1) is 0 Å². The summed E-state index contributed by atoms with van der Waals surface area (Å²) in [5.74, 6) is -0.140. The van der Waals surface area contributed by atoms with E-state index in [-0.39, 0.29) is 5.91 Å². The van der Waals surface area contributed by atoms with Crippen LogP contribution in [0.1, 0.15) is 19.3 Å². The third kappa shape index (κ3) is 1.98. The second kappa shape index (κ2) is 4.19. The number of nitrogens with two attached hydrogens (primary N) is 1. The second-order valence-electron chi connectivity index (χ2n) is 4.59. The summed E-state index contributed by atoms with van der Waals surface area (Å²) in [7, 11) is 0. The van der Waals surface area contributed by atoms with E-state index in [2.05, 4.69) is 10.3 Å². The highest BCUT2D eigenvalue weighted by Gasteiger charge is 2.40. The fourth-order valence-electron chi connectivity index (χ4n) is 1.96. The molecule has 18 heavy (non-hydrogen) atoms. The normalized spacial score (nSPS) is 17.4. The fourth-order valence-corrected chi connectivity index (χ4v) is 3.10. The van der Waals surface area contributed by atoms with E-state index < -0.39 is 5.54 Å². The third-order valence-electron chi connectivity index (χ3n) is 3.27. The summed E-state index contributed by atoms with van der Waals surface area (Å²) in [5.41, 5.74) is 6.09. The molecule has 3 rings (SSSR count). The topological polar surface area (TPSA) is 68.0 Å². The van der Waals surface area contributed by atoms with Gasteiger partial charge in [-0.2, -0.15) is 0 Å². The van der Waals surface area contributed by atoms with Crippen LogP contribution in [0.15, 0.2) is 18.2 Å². The van der Waals surface area contributed by atoms with Crippen LogP contribution in [0.25, 0.3) is 10.2 Å². The van der Waals surface area contributed by atoms with E-state index in [0.29, 0.717) is 10.2 Å². The summed E-state index contributed by atoms with van der Waals surface area (Å²) >= 11 is 7.32. The number of halogens is 1. The highest BCUT2D eigenvalue weighted by molar-refractivity contribution is 7.22. The number of nitrogens with one attached hydrogen (secondary N) is 1. The van der Waals surface area contributed by atoms with Gasteiger partial charge in [-0.1, -0.05) is 22.9 Å². The van der Waals surface area contributed by atoms with Crippen molar-refractivity contribution in [3.05, 3.63) is 23.2 Å². The van der Waals surface area contributed by atoms with Crippen molar-refractivity contribution >= 4 is 44.2 Å². The van der Waals surface area contributed by atoms with Crippen LogP contribution in [-0.2, 0) is 4.79 Å². The zero-order valence-electron chi connectivity index (χ0n) is 9.57. The number of aromatic nitrogens is 1. The maximum absolute atomic E-state index is 12.0. The lowest BCUT2D eigenvalue weighted by Crippen LogP contribution is -2.56. The van der Waals surface area contributed by atoms with Crippen LogP contribution in [-0.4, -0.2) is 16.4 Å². The predicted molar refractivity (Wildman–Crippen MR) is 74.0 cm³/mol. The van der Waals surface area contributed by atoms with Gasteiger partial charge in [0.25, 0.3) is 0 Å². The van der Waals surface area contributed by atoms with E-state index in [1.807, 2.05) is 12.1 Å². The van der Waals surface area contributed by atoms with E-state index in [0.717, 1.165) is 29.5 Å². The van der Waals surface area contributed by atoms with Crippen LogP contribution in [0.5, 0.6) is 0 Å². The van der Waals surface area contributed by atoms with Crippen molar-refractivity contribution in [2.24, 2.45) is 5.73 Å². The zero-order chi connectivity index (χ0) is 12.8. The van der Waals surface area contributed by atoms with Crippen molar-refractivity contribution < 1.29 is 4.79 Å². The molecule has 4 nitrogen and oxygen atoms in total. The summed E-state index contributed by atoms with van der Waals surface area (Å²) < 4.78 is 0.956. The largest absolute Gasteiger partial charge is 0.317 e. The molecule has 1 saturated carbocycles. The Morgan fingerprint density at radius 2 is 2.28 bits per heavy atom. The molecule has 1 aromatic heterocycles. The van der Waals surface area contributed by atoms with Crippen LogP contribution in [0.4, 0.5) is 5.13 Å². The zero-order valence-corrected chi connectivity index (χ0v) is 11.1. The second-order valence-corrected chi connectivity index (χ2v) is 6.06. The fraction of sp³-hybridized carbons (Fsp3) is 0.333. The van der Waals surface area contributed by atoms with E-state index in [4.69, 9.17) is 17.3 Å². The van der Waals surface area contributed by atoms with Crippen molar-refractivity contribution in [1.82, 2.24) is 4.98 Å². The highest BCUT2D eigenvalue weighted by Crippen LogP contribution is 2.32. The Morgan fingerprint density at radius 1 is 1.50 bits per heavy atom. The average Bonchev–Trinajstić information content (AvgIpc) is 2.67. The molecule has 0 unspecified atom stereocenters. The predicted octanol–water partition coefficient (Wildman–Crippen LogP) is 2.77. The number of amides is 1. The smallest absolute Gasteiger partial charge is 0.246 e. The quantitative estimate of drug-likeness (QED) is 0.889. The lowest BCUT2D eigenvalue weighted by atomic mass is 9.77. The molecular formula is C12H12ClN3OS. The van der Waals surface area contributed by atoms with Crippen molar-refractivity contribution in [3.63, 3.8) is 0 Å². The molecule has 0 spiro atoms. The van der Waals surface area contributed by atoms with Gasteiger partial charge < -0.3 is 11.1 Å². The minimum Gasteiger partial charge on any atom is -0.317 e. The van der Waals surface area contributed by atoms with E-state index >= 15 is 0 Å². The number of hydrogen-bond acceptors (Lipinski definition) is 4. The van der Waals surface area contributed by atoms with Crippen molar-refractivity contribution in [2.75, 3.05) is 5.32 Å². The Bertz CT molecular complexity index is 621. The first kappa shape index (κ1) is 11.9. The van der Waals surface area contributed by atoms with Crippen LogP contribution in [0.3, 0.4) is 0 Å². The molecule has 1 aliphatic carbocycles. The Labute approximate surface area is 113 Å². The molecule has 0 saturated heterocycles. The summed E-state index contributed by atoms with van der Waals surface area (Å²) in [4.78, 5) is 16.3. The van der Waals surface area contributed by atoms with E-state index in [1.54, 1.807) is 6.07 Å². The first-order valence-electron chi connectivity index (χ1n) is 5.73. The van der Waals surface area contributed by atoms with Gasteiger partial charge in [0.15, 0.2) is 5.13 Å². The molecule has 1 aliphatic rings. The minimum absolute atomic E-state index is 0.140. The summed E-state index contributed by atoms with van der Waals surface area (Å²) in [6.45, 7) is 0. The Morgan fingerprint density at radius 3 is 2.94 bits per heavy atom. The van der Waals surface area contributed by atoms with Crippen LogP contribution in [0.2, 0.25) is 5.02 Å². The van der Waals surface area contributed by atoms with Crippen LogP contribution in [0, 0.1) is 0 Å². The van der Waals surface area contributed by atoms with Gasteiger partial charge in [0.1, 0.15) is 0 Å². The Kier molecular flexibility index (Phi) is 2.77. The number of fused-ring (bicyclic) bond motifs is 1. The van der Waals surface area contributed by atoms with Gasteiger partial charge >= 0.3 is 0 Å². The first-order valence-corrected chi connectivity index (χ1v) is 6.93. The van der Waals surface area contributed by atoms with Gasteiger partial charge in [0, 0.05) is 5.02 Å². The molecule has 0 atom stereocenters. The number of rotatable bonds is 2. The SMILES string of the molecule is NC1(C(=O)Nc2nc3ccc(Cl)cc3s2)CCC1. The maximum Gasteiger partial charge on any atom is 0.246 e. The number of hydrogen-bond donors (Lipinski definition) is 2. The lowest BCUT2D eigenvalue weighted by Gasteiger charge is -2.35. The Hall–Kier alpha value is -1.17. The highest BCUT2D eigenvalue weighted by atomic mass is 35.5. The minimum atomic E-state index is -0.699. The third-order valence-corrected chi connectivity index (χ3v) is 4.44. The first-order chi connectivity index (χ1) is 8.57. The number of thiazole rings is 1. The molecule has 6 heteroatoms. The lowest BCUT2D eigenvalue weighted by molar-refractivity contribution is -0.123. The maximum atomic E-state index is 12.0. The van der Waals surface area contributed by atoms with E-state index in [1.165, 1.54) is 11.3 Å². The molecule has 1 fully saturated rings. The molecule has 1 amide bonds. The molecule has 0 bridgehead atoms. The van der Waals surface area contributed by atoms with Crippen LogP contribution < -0.4 is 11.1 Å². The number of benzene rings is 1. The Balaban J connectivity index is 1.84. The van der Waals surface area contributed by atoms with Crippen LogP contribution >= 0.6 is 22.9 Å². The molecule has 1 heterocycles. The van der Waals surface area contributed by atoms with Gasteiger partial charge in [-0.3, -0.25) is 4.79 Å². The van der Waals surface area contributed by atoms with Gasteiger partial charge in [0.2, 0.25) is 5.91 Å². The average molecular weight is 282 g/mol. The summed E-state index contributed by atoms with van der Waals surface area (Å²) in [6, 6.07) is 5.46. The van der Waals surface area contributed by atoms with Crippen molar-refractivity contribution in [2.45, 2.75) is 24.8 Å². The molecule has 0 radical (unpaired) electrons. The number of anilines is 1. The molecule has 3 N–H and O–H groups in total. The van der Waals surface area contributed by atoms with Gasteiger partial charge in [0.05, 0.1) is 15.8 Å². The van der Waals surface area contributed by atoms with Gasteiger partial charge in [-0.05, 0) is 37.5 Å². The van der Waals surface area contributed by atoms with Gasteiger partial charge in [-0.25, -0.2) is 4.98 Å². The standard InChI is InChI=1S/C12H12ClN3OS/c13-7-2-3-8-9(6-7)18-11(15-8)16-10(17)12(14)4-1-5-12/h2-3,6H,1,4-5,14H2,(H,15,16,17). The molecule has 94 valence electrons. The van der Waals surface area contributed by atoms with E-state index in [9.17, 15) is 4.79 Å². The molecule has 2 aromatic rings. The summed E-state index contributed by atoms with van der Waals surface area (Å²) in [5, 5.41) is 4.04.